The smallest absolute Gasteiger partial charge is 0.261 e. The topological polar surface area (TPSA) is 84.8 Å². The van der Waals surface area contributed by atoms with Crippen molar-refractivity contribution in [2.45, 2.75) is 25.0 Å². The van der Waals surface area contributed by atoms with E-state index in [4.69, 9.17) is 13.9 Å². The van der Waals surface area contributed by atoms with Crippen LogP contribution < -0.4 is 5.56 Å². The number of amides is 1. The molecule has 0 bridgehead atoms. The zero-order valence-corrected chi connectivity index (χ0v) is 13.8. The van der Waals surface area contributed by atoms with Gasteiger partial charge in [0.05, 0.1) is 24.7 Å². The number of aromatic nitrogens is 1. The fourth-order valence-electron chi connectivity index (χ4n) is 3.37. The van der Waals surface area contributed by atoms with Gasteiger partial charge in [0.1, 0.15) is 17.4 Å². The Morgan fingerprint density at radius 1 is 1.16 bits per heavy atom. The second-order valence-electron chi connectivity index (χ2n) is 6.30. The van der Waals surface area contributed by atoms with Crippen LogP contribution in [0.2, 0.25) is 0 Å². The predicted octanol–water partition coefficient (Wildman–Crippen LogP) is 1.65. The van der Waals surface area contributed by atoms with Gasteiger partial charge in [0.25, 0.3) is 11.5 Å². The third-order valence-electron chi connectivity index (χ3n) is 4.69. The van der Waals surface area contributed by atoms with Crippen LogP contribution in [0, 0.1) is 0 Å². The Bertz CT molecular complexity index is 792. The number of rotatable bonds is 3. The summed E-state index contributed by atoms with van der Waals surface area (Å²) in [5.74, 6) is 0.277. The summed E-state index contributed by atoms with van der Waals surface area (Å²) in [7, 11) is 0. The number of H-pyrrole nitrogens is 1. The van der Waals surface area contributed by atoms with Crippen molar-refractivity contribution >= 4 is 5.91 Å². The normalized spacial score (nSPS) is 23.8. The molecule has 0 aliphatic carbocycles. The Kier molecular flexibility index (Phi) is 4.42. The van der Waals surface area contributed by atoms with Crippen molar-refractivity contribution in [1.29, 1.82) is 0 Å². The third kappa shape index (κ3) is 3.25. The molecule has 4 heterocycles. The van der Waals surface area contributed by atoms with Crippen LogP contribution in [0.1, 0.15) is 23.2 Å². The number of hydrogen-bond donors (Lipinski definition) is 1. The summed E-state index contributed by atoms with van der Waals surface area (Å²) in [4.78, 5) is 29.5. The fraction of sp³-hybridized carbons (Fsp3) is 0.444. The molecule has 2 saturated heterocycles. The number of ether oxygens (including phenoxy) is 2. The van der Waals surface area contributed by atoms with Crippen LogP contribution in [-0.4, -0.2) is 54.3 Å². The molecule has 2 fully saturated rings. The molecule has 2 aliphatic rings. The molecular weight excluding hydrogens is 324 g/mol. The van der Waals surface area contributed by atoms with E-state index < -0.39 is 5.56 Å². The molecule has 0 aromatic carbocycles. The Morgan fingerprint density at radius 3 is 2.76 bits per heavy atom. The van der Waals surface area contributed by atoms with E-state index in [2.05, 4.69) is 4.98 Å². The molecule has 1 amide bonds. The van der Waals surface area contributed by atoms with Gasteiger partial charge in [-0.05, 0) is 37.1 Å². The van der Waals surface area contributed by atoms with Crippen molar-refractivity contribution < 1.29 is 18.7 Å². The highest BCUT2D eigenvalue weighted by molar-refractivity contribution is 5.94. The summed E-state index contributed by atoms with van der Waals surface area (Å²) < 4.78 is 16.7. The second-order valence-corrected chi connectivity index (χ2v) is 6.30. The lowest BCUT2D eigenvalue weighted by molar-refractivity contribution is -0.0868. The molecule has 4 rings (SSSR count). The number of carbonyl (C=O) groups excluding carboxylic acids is 1. The molecule has 7 nitrogen and oxygen atoms in total. The van der Waals surface area contributed by atoms with Crippen LogP contribution in [0.25, 0.3) is 11.5 Å². The first-order valence-corrected chi connectivity index (χ1v) is 8.52. The van der Waals surface area contributed by atoms with Gasteiger partial charge in [0.15, 0.2) is 0 Å². The lowest BCUT2D eigenvalue weighted by Gasteiger charge is -2.35. The summed E-state index contributed by atoms with van der Waals surface area (Å²) in [5.41, 5.74) is 0.258. The number of nitrogens with zero attached hydrogens (tertiary/aromatic N) is 1. The van der Waals surface area contributed by atoms with E-state index in [0.717, 1.165) is 19.4 Å². The highest BCUT2D eigenvalue weighted by atomic mass is 16.5. The lowest BCUT2D eigenvalue weighted by atomic mass is 10.1. The van der Waals surface area contributed by atoms with Crippen molar-refractivity contribution in [2.24, 2.45) is 0 Å². The number of carbonyl (C=O) groups is 1. The molecule has 0 saturated carbocycles. The van der Waals surface area contributed by atoms with Gasteiger partial charge in [0, 0.05) is 19.7 Å². The van der Waals surface area contributed by atoms with Gasteiger partial charge in [-0.1, -0.05) is 0 Å². The standard InChI is InChI=1S/C18H20N2O5/c21-17-12(5-6-13(19-17)14-3-1-8-23-14)18(22)20-7-10-25-16(11-20)15-4-2-9-24-15/h1,3,5-6,8,15-16H,2,4,7,9-11H2,(H,19,21)/t15-,16-/m1/s1. The minimum Gasteiger partial charge on any atom is -0.463 e. The number of hydrogen-bond acceptors (Lipinski definition) is 5. The van der Waals surface area contributed by atoms with Crippen LogP contribution in [0.4, 0.5) is 0 Å². The Balaban J connectivity index is 1.51. The molecule has 132 valence electrons. The predicted molar refractivity (Wildman–Crippen MR) is 89.4 cm³/mol. The fourth-order valence-corrected chi connectivity index (χ4v) is 3.37. The number of nitrogens with one attached hydrogen (secondary N) is 1. The number of pyridine rings is 1. The maximum atomic E-state index is 12.8. The molecule has 2 aliphatic heterocycles. The average molecular weight is 344 g/mol. The first-order chi connectivity index (χ1) is 12.2. The van der Waals surface area contributed by atoms with E-state index in [1.54, 1.807) is 29.2 Å². The zero-order chi connectivity index (χ0) is 17.2. The van der Waals surface area contributed by atoms with Gasteiger partial charge in [-0.15, -0.1) is 0 Å². The van der Waals surface area contributed by atoms with Gasteiger partial charge in [0.2, 0.25) is 0 Å². The second kappa shape index (κ2) is 6.85. The summed E-state index contributed by atoms with van der Waals surface area (Å²) in [5, 5.41) is 0. The quantitative estimate of drug-likeness (QED) is 0.915. The van der Waals surface area contributed by atoms with E-state index in [-0.39, 0.29) is 23.7 Å². The van der Waals surface area contributed by atoms with Crippen LogP contribution in [0.3, 0.4) is 0 Å². The first-order valence-electron chi connectivity index (χ1n) is 8.52. The number of morpholine rings is 1. The molecule has 0 spiro atoms. The highest BCUT2D eigenvalue weighted by Gasteiger charge is 2.33. The van der Waals surface area contributed by atoms with Crippen molar-refractivity contribution in [3.8, 4) is 11.5 Å². The van der Waals surface area contributed by atoms with E-state index in [0.29, 0.717) is 31.2 Å². The SMILES string of the molecule is O=C(c1ccc(-c2ccco2)[nH]c1=O)N1CCO[C@@H]([C@H]2CCCO2)C1. The largest absolute Gasteiger partial charge is 0.463 e. The van der Waals surface area contributed by atoms with Crippen LogP contribution >= 0.6 is 0 Å². The van der Waals surface area contributed by atoms with Gasteiger partial charge in [-0.2, -0.15) is 0 Å². The maximum absolute atomic E-state index is 12.8. The molecule has 25 heavy (non-hydrogen) atoms. The van der Waals surface area contributed by atoms with Gasteiger partial charge in [-0.3, -0.25) is 9.59 Å². The molecule has 0 radical (unpaired) electrons. The van der Waals surface area contributed by atoms with Crippen molar-refractivity contribution in [1.82, 2.24) is 9.88 Å². The minimum atomic E-state index is -0.418. The zero-order valence-electron chi connectivity index (χ0n) is 13.8. The summed E-state index contributed by atoms with van der Waals surface area (Å²) >= 11 is 0. The van der Waals surface area contributed by atoms with Crippen molar-refractivity contribution in [3.63, 3.8) is 0 Å². The van der Waals surface area contributed by atoms with Crippen LogP contribution in [-0.2, 0) is 9.47 Å². The Hall–Kier alpha value is -2.38. The maximum Gasteiger partial charge on any atom is 0.261 e. The van der Waals surface area contributed by atoms with Crippen molar-refractivity contribution in [3.05, 3.63) is 46.4 Å². The van der Waals surface area contributed by atoms with E-state index >= 15 is 0 Å². The first kappa shape index (κ1) is 16.1. The molecule has 0 unspecified atom stereocenters. The van der Waals surface area contributed by atoms with Gasteiger partial charge < -0.3 is 23.8 Å². The van der Waals surface area contributed by atoms with Gasteiger partial charge in [-0.25, -0.2) is 0 Å². The van der Waals surface area contributed by atoms with E-state index in [1.807, 2.05) is 0 Å². The number of aromatic amines is 1. The number of furan rings is 1. The molecule has 2 aromatic heterocycles. The van der Waals surface area contributed by atoms with E-state index in [1.165, 1.54) is 6.26 Å². The highest BCUT2D eigenvalue weighted by Crippen LogP contribution is 2.22. The summed E-state index contributed by atoms with van der Waals surface area (Å²) in [6.45, 7) is 2.12. The van der Waals surface area contributed by atoms with Gasteiger partial charge >= 0.3 is 0 Å². The monoisotopic (exact) mass is 344 g/mol. The van der Waals surface area contributed by atoms with Crippen LogP contribution in [0.5, 0.6) is 0 Å². The lowest BCUT2D eigenvalue weighted by Crippen LogP contribution is -2.50. The molecule has 1 N–H and O–H groups in total. The molecule has 2 aromatic rings. The third-order valence-corrected chi connectivity index (χ3v) is 4.69. The molecular formula is C18H20N2O5. The minimum absolute atomic E-state index is 0.0372. The molecule has 7 heteroatoms. The Labute approximate surface area is 144 Å². The summed E-state index contributed by atoms with van der Waals surface area (Å²) in [6, 6.07) is 6.73. The molecule has 2 atom stereocenters. The summed E-state index contributed by atoms with van der Waals surface area (Å²) in [6.07, 6.45) is 3.42. The van der Waals surface area contributed by atoms with Crippen molar-refractivity contribution in [2.75, 3.05) is 26.3 Å². The van der Waals surface area contributed by atoms with Crippen LogP contribution in [0.15, 0.2) is 39.7 Å². The Morgan fingerprint density at radius 2 is 2.04 bits per heavy atom. The average Bonchev–Trinajstić information content (AvgIpc) is 3.35. The van der Waals surface area contributed by atoms with E-state index in [9.17, 15) is 9.59 Å².